The van der Waals surface area contributed by atoms with Crippen LogP contribution in [0.2, 0.25) is 0 Å². The summed E-state index contributed by atoms with van der Waals surface area (Å²) in [6, 6.07) is 7.36. The van der Waals surface area contributed by atoms with Crippen molar-refractivity contribution in [3.8, 4) is 11.3 Å². The van der Waals surface area contributed by atoms with E-state index >= 15 is 0 Å². The van der Waals surface area contributed by atoms with E-state index in [1.165, 1.54) is 12.1 Å². The zero-order valence-electron chi connectivity index (χ0n) is 10.4. The number of halogens is 1. The van der Waals surface area contributed by atoms with Gasteiger partial charge in [-0.25, -0.2) is 9.18 Å². The first-order valence-corrected chi connectivity index (χ1v) is 5.85. The summed E-state index contributed by atoms with van der Waals surface area (Å²) in [4.78, 5) is 11.1. The van der Waals surface area contributed by atoms with Gasteiger partial charge in [-0.2, -0.15) is 0 Å². The Balaban J connectivity index is 2.58. The summed E-state index contributed by atoms with van der Waals surface area (Å²) in [7, 11) is 0. The smallest absolute Gasteiger partial charge is 0.337 e. The summed E-state index contributed by atoms with van der Waals surface area (Å²) in [5, 5.41) is 18.2. The third-order valence-electron chi connectivity index (χ3n) is 3.06. The number of hydrogen-bond acceptors (Lipinski definition) is 2. The molecule has 0 saturated heterocycles. The molecule has 0 radical (unpaired) electrons. The number of carboxylic acid groups (broad SMARTS) is 1. The molecule has 0 saturated carbocycles. The van der Waals surface area contributed by atoms with Crippen LogP contribution in [0, 0.1) is 12.7 Å². The van der Waals surface area contributed by atoms with E-state index in [2.05, 4.69) is 0 Å². The molecule has 0 bridgehead atoms. The molecule has 0 aliphatic carbocycles. The van der Waals surface area contributed by atoms with Crippen molar-refractivity contribution < 1.29 is 19.4 Å². The molecule has 2 N–H and O–H groups in total. The number of rotatable bonds is 4. The van der Waals surface area contributed by atoms with Gasteiger partial charge in [0, 0.05) is 17.9 Å². The molecule has 0 atom stereocenters. The number of aliphatic hydroxyl groups excluding tert-OH is 1. The Morgan fingerprint density at radius 3 is 2.47 bits per heavy atom. The molecular weight excluding hydrogens is 249 g/mol. The highest BCUT2D eigenvalue weighted by atomic mass is 19.1. The number of carbonyl (C=O) groups is 1. The molecular formula is C14H14FNO3. The monoisotopic (exact) mass is 263 g/mol. The molecule has 0 aliphatic heterocycles. The lowest BCUT2D eigenvalue weighted by atomic mass is 10.1. The Labute approximate surface area is 109 Å². The van der Waals surface area contributed by atoms with E-state index in [9.17, 15) is 9.18 Å². The molecule has 0 fully saturated rings. The van der Waals surface area contributed by atoms with Crippen LogP contribution in [-0.2, 0) is 6.54 Å². The van der Waals surface area contributed by atoms with Crippen LogP contribution < -0.4 is 0 Å². The first-order valence-electron chi connectivity index (χ1n) is 5.85. The summed E-state index contributed by atoms with van der Waals surface area (Å²) in [6.45, 7) is 1.89. The maximum Gasteiger partial charge on any atom is 0.337 e. The highest BCUT2D eigenvalue weighted by Crippen LogP contribution is 2.26. The number of nitrogens with zero attached hydrogens (tertiary/aromatic N) is 1. The van der Waals surface area contributed by atoms with Gasteiger partial charge in [0.25, 0.3) is 0 Å². The minimum atomic E-state index is -1.02. The fourth-order valence-electron chi connectivity index (χ4n) is 2.11. The average Bonchev–Trinajstić information content (AvgIpc) is 2.69. The van der Waals surface area contributed by atoms with Crippen LogP contribution in [0.25, 0.3) is 11.3 Å². The molecule has 0 unspecified atom stereocenters. The first kappa shape index (κ1) is 13.3. The van der Waals surface area contributed by atoms with Crippen LogP contribution >= 0.6 is 0 Å². The summed E-state index contributed by atoms with van der Waals surface area (Å²) < 4.78 is 14.6. The van der Waals surface area contributed by atoms with Crippen LogP contribution in [0.1, 0.15) is 16.1 Å². The summed E-state index contributed by atoms with van der Waals surface area (Å²) in [5.74, 6) is -1.36. The van der Waals surface area contributed by atoms with E-state index in [1.807, 2.05) is 0 Å². The average molecular weight is 263 g/mol. The van der Waals surface area contributed by atoms with E-state index in [1.54, 1.807) is 29.7 Å². The first-order chi connectivity index (χ1) is 9.04. The van der Waals surface area contributed by atoms with Gasteiger partial charge in [-0.05, 0) is 42.8 Å². The number of aromatic nitrogens is 1. The molecule has 2 rings (SSSR count). The third kappa shape index (κ3) is 2.51. The topological polar surface area (TPSA) is 62.5 Å². The van der Waals surface area contributed by atoms with Gasteiger partial charge in [0.15, 0.2) is 0 Å². The van der Waals surface area contributed by atoms with Crippen molar-refractivity contribution in [2.24, 2.45) is 0 Å². The Bertz CT molecular complexity index is 602. The number of hydrogen-bond donors (Lipinski definition) is 2. The van der Waals surface area contributed by atoms with Crippen molar-refractivity contribution in [1.29, 1.82) is 0 Å². The fourth-order valence-corrected chi connectivity index (χ4v) is 2.11. The van der Waals surface area contributed by atoms with Gasteiger partial charge in [0.2, 0.25) is 0 Å². The molecule has 1 heterocycles. The lowest BCUT2D eigenvalue weighted by molar-refractivity contribution is 0.0696. The second-order valence-corrected chi connectivity index (χ2v) is 4.22. The maximum absolute atomic E-state index is 12.9. The highest BCUT2D eigenvalue weighted by Gasteiger charge is 2.17. The van der Waals surface area contributed by atoms with Crippen LogP contribution in [0.5, 0.6) is 0 Å². The van der Waals surface area contributed by atoms with Crippen molar-refractivity contribution in [1.82, 2.24) is 4.57 Å². The van der Waals surface area contributed by atoms with Gasteiger partial charge in [-0.1, -0.05) is 0 Å². The molecule has 0 amide bonds. The standard InChI is InChI=1S/C14H14FNO3/c1-9-12(14(18)19)8-13(16(9)6-7-17)10-2-4-11(15)5-3-10/h2-5,8,17H,6-7H2,1H3,(H,18,19). The van der Waals surface area contributed by atoms with Gasteiger partial charge in [-0.15, -0.1) is 0 Å². The zero-order chi connectivity index (χ0) is 14.0. The maximum atomic E-state index is 12.9. The Morgan fingerprint density at radius 1 is 1.32 bits per heavy atom. The molecule has 5 heteroatoms. The van der Waals surface area contributed by atoms with E-state index in [0.29, 0.717) is 23.5 Å². The minimum absolute atomic E-state index is 0.0945. The molecule has 1 aromatic carbocycles. The number of benzene rings is 1. The number of aliphatic hydroxyl groups is 1. The third-order valence-corrected chi connectivity index (χ3v) is 3.06. The molecule has 2 aromatic rings. The predicted molar refractivity (Wildman–Crippen MR) is 68.6 cm³/mol. The number of aromatic carboxylic acids is 1. The van der Waals surface area contributed by atoms with Gasteiger partial charge < -0.3 is 14.8 Å². The van der Waals surface area contributed by atoms with Gasteiger partial charge >= 0.3 is 5.97 Å². The van der Waals surface area contributed by atoms with E-state index in [0.717, 1.165) is 0 Å². The molecule has 100 valence electrons. The van der Waals surface area contributed by atoms with Crippen molar-refractivity contribution >= 4 is 5.97 Å². The lowest BCUT2D eigenvalue weighted by Gasteiger charge is -2.10. The second kappa shape index (κ2) is 5.24. The normalized spacial score (nSPS) is 10.7. The Morgan fingerprint density at radius 2 is 1.95 bits per heavy atom. The SMILES string of the molecule is Cc1c(C(=O)O)cc(-c2ccc(F)cc2)n1CCO. The van der Waals surface area contributed by atoms with Crippen LogP contribution in [0.4, 0.5) is 4.39 Å². The van der Waals surface area contributed by atoms with Crippen molar-refractivity contribution in [2.75, 3.05) is 6.61 Å². The Hall–Kier alpha value is -2.14. The lowest BCUT2D eigenvalue weighted by Crippen LogP contribution is -2.07. The Kier molecular flexibility index (Phi) is 3.66. The second-order valence-electron chi connectivity index (χ2n) is 4.22. The van der Waals surface area contributed by atoms with Crippen LogP contribution in [-0.4, -0.2) is 27.4 Å². The summed E-state index contributed by atoms with van der Waals surface area (Å²) in [6.07, 6.45) is 0. The fraction of sp³-hybridized carbons (Fsp3) is 0.214. The van der Waals surface area contributed by atoms with E-state index in [-0.39, 0.29) is 18.0 Å². The molecule has 19 heavy (non-hydrogen) atoms. The van der Waals surface area contributed by atoms with Crippen molar-refractivity contribution in [3.63, 3.8) is 0 Å². The van der Waals surface area contributed by atoms with Gasteiger partial charge in [-0.3, -0.25) is 0 Å². The van der Waals surface area contributed by atoms with Gasteiger partial charge in [0.1, 0.15) is 5.82 Å². The van der Waals surface area contributed by atoms with E-state index < -0.39 is 5.97 Å². The van der Waals surface area contributed by atoms with Crippen LogP contribution in [0.3, 0.4) is 0 Å². The number of carboxylic acids is 1. The largest absolute Gasteiger partial charge is 0.478 e. The molecule has 1 aromatic heterocycles. The predicted octanol–water partition coefficient (Wildman–Crippen LogP) is 2.29. The molecule has 0 aliphatic rings. The zero-order valence-corrected chi connectivity index (χ0v) is 10.4. The van der Waals surface area contributed by atoms with Crippen molar-refractivity contribution in [2.45, 2.75) is 13.5 Å². The summed E-state index contributed by atoms with van der Waals surface area (Å²) >= 11 is 0. The highest BCUT2D eigenvalue weighted by molar-refractivity contribution is 5.91. The van der Waals surface area contributed by atoms with Crippen LogP contribution in [0.15, 0.2) is 30.3 Å². The van der Waals surface area contributed by atoms with Crippen molar-refractivity contribution in [3.05, 3.63) is 47.4 Å². The molecule has 4 nitrogen and oxygen atoms in total. The summed E-state index contributed by atoms with van der Waals surface area (Å²) in [5.41, 5.74) is 2.13. The minimum Gasteiger partial charge on any atom is -0.478 e. The molecule has 0 spiro atoms. The van der Waals surface area contributed by atoms with Gasteiger partial charge in [0.05, 0.1) is 12.2 Å². The van der Waals surface area contributed by atoms with E-state index in [4.69, 9.17) is 10.2 Å². The quantitative estimate of drug-likeness (QED) is 0.889.